The zero-order valence-electron chi connectivity index (χ0n) is 13.8. The predicted molar refractivity (Wildman–Crippen MR) is 104 cm³/mol. The highest BCUT2D eigenvalue weighted by Gasteiger charge is 2.11. The number of nitrogens with one attached hydrogen (secondary N) is 2. The number of hydrogen-bond donors (Lipinski definition) is 3. The van der Waals surface area contributed by atoms with Crippen LogP contribution in [-0.4, -0.2) is 15.0 Å². The van der Waals surface area contributed by atoms with Gasteiger partial charge in [-0.25, -0.2) is 19.3 Å². The van der Waals surface area contributed by atoms with Crippen LogP contribution in [0.1, 0.15) is 5.56 Å². The summed E-state index contributed by atoms with van der Waals surface area (Å²) in [6.45, 7) is 2.04. The highest BCUT2D eigenvalue weighted by atomic mass is 32.1. The SMILES string of the molecule is Cc1ccc2nc(Nc3ncnc(Nc4ccc(F)cc4)c3N)sc2c1. The minimum Gasteiger partial charge on any atom is -0.393 e. The smallest absolute Gasteiger partial charge is 0.189 e. The highest BCUT2D eigenvalue weighted by Crippen LogP contribution is 2.32. The molecule has 0 radical (unpaired) electrons. The van der Waals surface area contributed by atoms with Crippen molar-refractivity contribution in [1.82, 2.24) is 15.0 Å². The molecule has 0 amide bonds. The van der Waals surface area contributed by atoms with E-state index in [1.54, 1.807) is 12.1 Å². The number of aromatic nitrogens is 3. The molecule has 0 bridgehead atoms. The Morgan fingerprint density at radius 1 is 1.00 bits per heavy atom. The van der Waals surface area contributed by atoms with Gasteiger partial charge in [-0.1, -0.05) is 17.4 Å². The first-order valence-electron chi connectivity index (χ1n) is 7.86. The molecule has 0 aliphatic carbocycles. The second kappa shape index (κ2) is 6.57. The van der Waals surface area contributed by atoms with Gasteiger partial charge in [0.05, 0.1) is 10.2 Å². The van der Waals surface area contributed by atoms with Crippen molar-refractivity contribution in [3.05, 3.63) is 60.2 Å². The Hall–Kier alpha value is -3.26. The summed E-state index contributed by atoms with van der Waals surface area (Å²) >= 11 is 1.53. The molecule has 0 saturated carbocycles. The second-order valence-corrected chi connectivity index (χ2v) is 6.76. The third-order valence-corrected chi connectivity index (χ3v) is 4.69. The van der Waals surface area contributed by atoms with E-state index in [1.807, 2.05) is 19.1 Å². The van der Waals surface area contributed by atoms with E-state index < -0.39 is 0 Å². The van der Waals surface area contributed by atoms with E-state index in [1.165, 1.54) is 35.4 Å². The molecule has 0 fully saturated rings. The number of nitrogens with two attached hydrogens (primary N) is 1. The van der Waals surface area contributed by atoms with E-state index in [0.29, 0.717) is 28.1 Å². The molecule has 2 heterocycles. The topological polar surface area (TPSA) is 88.8 Å². The monoisotopic (exact) mass is 366 g/mol. The molecule has 0 unspecified atom stereocenters. The summed E-state index contributed by atoms with van der Waals surface area (Å²) in [4.78, 5) is 12.9. The molecule has 0 spiro atoms. The van der Waals surface area contributed by atoms with Crippen molar-refractivity contribution in [1.29, 1.82) is 0 Å². The van der Waals surface area contributed by atoms with Crippen molar-refractivity contribution in [2.24, 2.45) is 0 Å². The third kappa shape index (κ3) is 3.27. The molecule has 0 saturated heterocycles. The minimum absolute atomic E-state index is 0.306. The van der Waals surface area contributed by atoms with Crippen molar-refractivity contribution in [3.8, 4) is 0 Å². The van der Waals surface area contributed by atoms with Crippen LogP contribution in [-0.2, 0) is 0 Å². The number of nitrogens with zero attached hydrogens (tertiary/aromatic N) is 3. The fourth-order valence-corrected chi connectivity index (χ4v) is 3.41. The number of halogens is 1. The minimum atomic E-state index is -0.306. The third-order valence-electron chi connectivity index (χ3n) is 3.76. The van der Waals surface area contributed by atoms with E-state index in [0.717, 1.165) is 10.2 Å². The molecule has 2 aromatic heterocycles. The molecule has 6 nitrogen and oxygen atoms in total. The standard InChI is InChI=1S/C18H15FN6S/c1-10-2-7-13-14(8-10)26-18(24-13)25-17-15(20)16(21-9-22-17)23-12-5-3-11(19)4-6-12/h2-9H,20H2,1H3,(H2,21,22,23,24,25). The Morgan fingerprint density at radius 3 is 2.50 bits per heavy atom. The zero-order chi connectivity index (χ0) is 18.1. The van der Waals surface area contributed by atoms with Gasteiger partial charge in [-0.3, -0.25) is 0 Å². The molecule has 4 aromatic rings. The van der Waals surface area contributed by atoms with Crippen LogP contribution in [0.2, 0.25) is 0 Å². The summed E-state index contributed by atoms with van der Waals surface area (Å²) in [6, 6.07) is 12.0. The number of nitrogen functional groups attached to an aromatic ring is 1. The van der Waals surface area contributed by atoms with Crippen LogP contribution in [0.25, 0.3) is 10.2 Å². The number of anilines is 5. The maximum atomic E-state index is 13.0. The summed E-state index contributed by atoms with van der Waals surface area (Å²) in [7, 11) is 0. The summed E-state index contributed by atoms with van der Waals surface area (Å²) in [5, 5.41) is 6.91. The molecule has 0 atom stereocenters. The van der Waals surface area contributed by atoms with Crippen LogP contribution in [0.15, 0.2) is 48.8 Å². The van der Waals surface area contributed by atoms with Gasteiger partial charge in [0.15, 0.2) is 16.8 Å². The van der Waals surface area contributed by atoms with Gasteiger partial charge < -0.3 is 16.4 Å². The van der Waals surface area contributed by atoms with Crippen LogP contribution < -0.4 is 16.4 Å². The number of rotatable bonds is 4. The van der Waals surface area contributed by atoms with Crippen molar-refractivity contribution in [2.45, 2.75) is 6.92 Å². The Labute approximate surface area is 152 Å². The fourth-order valence-electron chi connectivity index (χ4n) is 2.45. The Morgan fingerprint density at radius 2 is 1.73 bits per heavy atom. The van der Waals surface area contributed by atoms with E-state index in [9.17, 15) is 4.39 Å². The Kier molecular flexibility index (Phi) is 4.10. The number of hydrogen-bond acceptors (Lipinski definition) is 7. The van der Waals surface area contributed by atoms with E-state index in [2.05, 4.69) is 31.7 Å². The molecule has 4 N–H and O–H groups in total. The zero-order valence-corrected chi connectivity index (χ0v) is 14.6. The largest absolute Gasteiger partial charge is 0.393 e. The number of aryl methyl sites for hydroxylation is 1. The number of fused-ring (bicyclic) bond motifs is 1. The van der Waals surface area contributed by atoms with Gasteiger partial charge in [0.2, 0.25) is 0 Å². The van der Waals surface area contributed by atoms with Gasteiger partial charge in [-0.2, -0.15) is 0 Å². The van der Waals surface area contributed by atoms with Gasteiger partial charge in [0.25, 0.3) is 0 Å². The summed E-state index contributed by atoms with van der Waals surface area (Å²) in [6.07, 6.45) is 1.40. The Bertz CT molecular complexity index is 1080. The Balaban J connectivity index is 1.61. The van der Waals surface area contributed by atoms with Crippen molar-refractivity contribution >= 4 is 49.7 Å². The molecule has 2 aromatic carbocycles. The summed E-state index contributed by atoms with van der Waals surface area (Å²) < 4.78 is 14.1. The van der Waals surface area contributed by atoms with Crippen molar-refractivity contribution in [3.63, 3.8) is 0 Å². The average Bonchev–Trinajstić information content (AvgIpc) is 3.02. The van der Waals surface area contributed by atoms with Gasteiger partial charge >= 0.3 is 0 Å². The molecule has 26 heavy (non-hydrogen) atoms. The lowest BCUT2D eigenvalue weighted by Crippen LogP contribution is -2.05. The average molecular weight is 366 g/mol. The molecule has 0 aliphatic heterocycles. The first kappa shape index (κ1) is 16.2. The van der Waals surface area contributed by atoms with Crippen LogP contribution in [0, 0.1) is 12.7 Å². The van der Waals surface area contributed by atoms with Crippen LogP contribution in [0.5, 0.6) is 0 Å². The molecule has 0 aliphatic rings. The van der Waals surface area contributed by atoms with E-state index >= 15 is 0 Å². The summed E-state index contributed by atoms with van der Waals surface area (Å²) in [5.74, 6) is 0.589. The second-order valence-electron chi connectivity index (χ2n) is 5.73. The predicted octanol–water partition coefficient (Wildman–Crippen LogP) is 4.60. The molecule has 4 rings (SSSR count). The number of benzene rings is 2. The van der Waals surface area contributed by atoms with Gasteiger partial charge in [-0.15, -0.1) is 0 Å². The maximum Gasteiger partial charge on any atom is 0.189 e. The van der Waals surface area contributed by atoms with Gasteiger partial charge in [0.1, 0.15) is 17.8 Å². The highest BCUT2D eigenvalue weighted by molar-refractivity contribution is 7.22. The molecule has 130 valence electrons. The van der Waals surface area contributed by atoms with Crippen LogP contribution in [0.4, 0.5) is 32.5 Å². The lowest BCUT2D eigenvalue weighted by molar-refractivity contribution is 0.628. The lowest BCUT2D eigenvalue weighted by atomic mass is 10.2. The van der Waals surface area contributed by atoms with Crippen LogP contribution in [0.3, 0.4) is 0 Å². The molecular weight excluding hydrogens is 351 g/mol. The fraction of sp³-hybridized carbons (Fsp3) is 0.0556. The van der Waals surface area contributed by atoms with Gasteiger partial charge in [-0.05, 0) is 48.9 Å². The normalized spacial score (nSPS) is 10.8. The quantitative estimate of drug-likeness (QED) is 0.489. The van der Waals surface area contributed by atoms with Crippen molar-refractivity contribution in [2.75, 3.05) is 16.4 Å². The summed E-state index contributed by atoms with van der Waals surface area (Å²) in [5.41, 5.74) is 9.31. The first-order chi connectivity index (χ1) is 12.6. The maximum absolute atomic E-state index is 13.0. The van der Waals surface area contributed by atoms with E-state index in [-0.39, 0.29) is 5.82 Å². The van der Waals surface area contributed by atoms with Gasteiger partial charge in [0, 0.05) is 5.69 Å². The molecular formula is C18H15FN6S. The molecule has 8 heteroatoms. The number of thiazole rings is 1. The van der Waals surface area contributed by atoms with E-state index in [4.69, 9.17) is 5.73 Å². The van der Waals surface area contributed by atoms with Crippen molar-refractivity contribution < 1.29 is 4.39 Å². The van der Waals surface area contributed by atoms with Crippen LogP contribution >= 0.6 is 11.3 Å². The first-order valence-corrected chi connectivity index (χ1v) is 8.67. The lowest BCUT2D eigenvalue weighted by Gasteiger charge is -2.11.